The van der Waals surface area contributed by atoms with Crippen molar-refractivity contribution in [1.82, 2.24) is 10.1 Å². The highest BCUT2D eigenvalue weighted by Crippen LogP contribution is 2.18. The van der Waals surface area contributed by atoms with Crippen LogP contribution < -0.4 is 0 Å². The highest BCUT2D eigenvalue weighted by Gasteiger charge is 2.04. The molecule has 0 atom stereocenters. The Morgan fingerprint density at radius 1 is 1.31 bits per heavy atom. The predicted molar refractivity (Wildman–Crippen MR) is 45.7 cm³/mol. The number of pyridine rings is 1. The van der Waals surface area contributed by atoms with Crippen LogP contribution in [0.2, 0.25) is 0 Å². The van der Waals surface area contributed by atoms with Crippen LogP contribution >= 0.6 is 0 Å². The highest BCUT2D eigenvalue weighted by molar-refractivity contribution is 5.55. The Hall–Kier alpha value is -1.68. The minimum absolute atomic E-state index is 0.103. The van der Waals surface area contributed by atoms with Crippen LogP contribution in [0, 0.1) is 0 Å². The molecule has 66 valence electrons. The lowest BCUT2D eigenvalue weighted by atomic mass is 10.2. The second kappa shape index (κ2) is 3.37. The first-order valence-corrected chi connectivity index (χ1v) is 3.87. The van der Waals surface area contributed by atoms with Gasteiger partial charge in [-0.1, -0.05) is 5.16 Å². The summed E-state index contributed by atoms with van der Waals surface area (Å²) in [5.74, 6) is 0.645. The summed E-state index contributed by atoms with van der Waals surface area (Å²) in [6.07, 6.45) is 3.35. The van der Waals surface area contributed by atoms with E-state index in [2.05, 4.69) is 10.1 Å². The molecule has 0 bridgehead atoms. The zero-order valence-electron chi connectivity index (χ0n) is 6.84. The Balaban J connectivity index is 2.36. The third-order valence-electron chi connectivity index (χ3n) is 1.69. The third kappa shape index (κ3) is 1.57. The van der Waals surface area contributed by atoms with Crippen molar-refractivity contribution in [3.8, 4) is 11.3 Å². The molecule has 0 saturated carbocycles. The average Bonchev–Trinajstić information content (AvgIpc) is 2.67. The van der Waals surface area contributed by atoms with E-state index in [1.807, 2.05) is 12.1 Å². The molecule has 4 heteroatoms. The van der Waals surface area contributed by atoms with Crippen LogP contribution in [-0.4, -0.2) is 15.2 Å². The summed E-state index contributed by atoms with van der Waals surface area (Å²) < 4.78 is 5.00. The number of aliphatic hydroxyl groups excluding tert-OH is 1. The SMILES string of the molecule is OCc1cc(-c2ccncc2)on1. The molecule has 2 heterocycles. The second-order valence-electron chi connectivity index (χ2n) is 2.58. The van der Waals surface area contributed by atoms with Crippen LogP contribution in [0.3, 0.4) is 0 Å². The van der Waals surface area contributed by atoms with E-state index >= 15 is 0 Å². The first kappa shape index (κ1) is 7.94. The van der Waals surface area contributed by atoms with Crippen molar-refractivity contribution in [1.29, 1.82) is 0 Å². The molecule has 2 aromatic rings. The molecular formula is C9H8N2O2. The van der Waals surface area contributed by atoms with Crippen molar-refractivity contribution in [2.24, 2.45) is 0 Å². The van der Waals surface area contributed by atoms with Gasteiger partial charge < -0.3 is 9.63 Å². The normalized spacial score (nSPS) is 10.2. The maximum atomic E-state index is 8.76. The van der Waals surface area contributed by atoms with E-state index < -0.39 is 0 Å². The summed E-state index contributed by atoms with van der Waals surface area (Å²) in [4.78, 5) is 3.89. The summed E-state index contributed by atoms with van der Waals surface area (Å²) in [7, 11) is 0. The molecule has 0 aromatic carbocycles. The molecule has 0 fully saturated rings. The Morgan fingerprint density at radius 3 is 2.69 bits per heavy atom. The number of aliphatic hydroxyl groups is 1. The smallest absolute Gasteiger partial charge is 0.167 e. The van der Waals surface area contributed by atoms with Gasteiger partial charge in [0.05, 0.1) is 6.61 Å². The quantitative estimate of drug-likeness (QED) is 0.747. The van der Waals surface area contributed by atoms with Gasteiger partial charge in [-0.25, -0.2) is 0 Å². The molecule has 0 amide bonds. The van der Waals surface area contributed by atoms with Gasteiger partial charge >= 0.3 is 0 Å². The van der Waals surface area contributed by atoms with Crippen molar-refractivity contribution in [2.45, 2.75) is 6.61 Å². The number of hydrogen-bond acceptors (Lipinski definition) is 4. The van der Waals surface area contributed by atoms with Gasteiger partial charge in [-0.2, -0.15) is 0 Å². The van der Waals surface area contributed by atoms with E-state index in [4.69, 9.17) is 9.63 Å². The van der Waals surface area contributed by atoms with E-state index in [9.17, 15) is 0 Å². The van der Waals surface area contributed by atoms with Gasteiger partial charge in [-0.3, -0.25) is 4.98 Å². The number of aromatic nitrogens is 2. The molecule has 1 N–H and O–H groups in total. The molecule has 0 spiro atoms. The second-order valence-corrected chi connectivity index (χ2v) is 2.58. The average molecular weight is 176 g/mol. The summed E-state index contributed by atoms with van der Waals surface area (Å²) in [5, 5.41) is 12.4. The summed E-state index contributed by atoms with van der Waals surface area (Å²) in [6.45, 7) is -0.103. The lowest BCUT2D eigenvalue weighted by Gasteiger charge is -1.90. The minimum atomic E-state index is -0.103. The molecule has 4 nitrogen and oxygen atoms in total. The first-order valence-electron chi connectivity index (χ1n) is 3.87. The molecule has 0 saturated heterocycles. The van der Waals surface area contributed by atoms with Crippen LogP contribution in [-0.2, 0) is 6.61 Å². The Morgan fingerprint density at radius 2 is 2.08 bits per heavy atom. The zero-order valence-corrected chi connectivity index (χ0v) is 6.84. The molecule has 0 aliphatic carbocycles. The van der Waals surface area contributed by atoms with Crippen molar-refractivity contribution in [2.75, 3.05) is 0 Å². The molecule has 13 heavy (non-hydrogen) atoms. The number of hydrogen-bond donors (Lipinski definition) is 1. The standard InChI is InChI=1S/C9H8N2O2/c12-6-8-5-9(13-11-8)7-1-3-10-4-2-7/h1-5,12H,6H2. The van der Waals surface area contributed by atoms with Crippen LogP contribution in [0.15, 0.2) is 35.1 Å². The number of nitrogens with zero attached hydrogens (tertiary/aromatic N) is 2. The fourth-order valence-corrected chi connectivity index (χ4v) is 1.04. The summed E-state index contributed by atoms with van der Waals surface area (Å²) >= 11 is 0. The van der Waals surface area contributed by atoms with Crippen LogP contribution in [0.4, 0.5) is 0 Å². The van der Waals surface area contributed by atoms with E-state index in [1.54, 1.807) is 18.5 Å². The molecule has 0 unspecified atom stereocenters. The van der Waals surface area contributed by atoms with Crippen LogP contribution in [0.25, 0.3) is 11.3 Å². The fourth-order valence-electron chi connectivity index (χ4n) is 1.04. The zero-order chi connectivity index (χ0) is 9.10. The van der Waals surface area contributed by atoms with Gasteiger partial charge in [-0.05, 0) is 12.1 Å². The van der Waals surface area contributed by atoms with Crippen molar-refractivity contribution in [3.63, 3.8) is 0 Å². The Bertz CT molecular complexity index is 384. The molecule has 2 aromatic heterocycles. The van der Waals surface area contributed by atoms with Gasteiger partial charge in [0.2, 0.25) is 0 Å². The summed E-state index contributed by atoms with van der Waals surface area (Å²) in [6, 6.07) is 5.35. The molecule has 0 aliphatic heterocycles. The lowest BCUT2D eigenvalue weighted by molar-refractivity contribution is 0.267. The third-order valence-corrected chi connectivity index (χ3v) is 1.69. The lowest BCUT2D eigenvalue weighted by Crippen LogP contribution is -1.78. The topological polar surface area (TPSA) is 59.2 Å². The Kier molecular flexibility index (Phi) is 2.06. The molecular weight excluding hydrogens is 168 g/mol. The molecule has 0 aliphatic rings. The van der Waals surface area contributed by atoms with Crippen molar-refractivity contribution >= 4 is 0 Å². The first-order chi connectivity index (χ1) is 6.40. The fraction of sp³-hybridized carbons (Fsp3) is 0.111. The van der Waals surface area contributed by atoms with Gasteiger partial charge in [-0.15, -0.1) is 0 Å². The highest BCUT2D eigenvalue weighted by atomic mass is 16.5. The molecule has 2 rings (SSSR count). The maximum Gasteiger partial charge on any atom is 0.167 e. The number of rotatable bonds is 2. The van der Waals surface area contributed by atoms with E-state index in [0.717, 1.165) is 5.56 Å². The van der Waals surface area contributed by atoms with Crippen molar-refractivity contribution in [3.05, 3.63) is 36.3 Å². The molecule has 0 radical (unpaired) electrons. The largest absolute Gasteiger partial charge is 0.390 e. The van der Waals surface area contributed by atoms with Gasteiger partial charge in [0.1, 0.15) is 5.69 Å². The monoisotopic (exact) mass is 176 g/mol. The van der Waals surface area contributed by atoms with Crippen LogP contribution in [0.1, 0.15) is 5.69 Å². The van der Waals surface area contributed by atoms with Gasteiger partial charge in [0, 0.05) is 24.0 Å². The summed E-state index contributed by atoms with van der Waals surface area (Å²) in [5.41, 5.74) is 1.44. The minimum Gasteiger partial charge on any atom is -0.390 e. The van der Waals surface area contributed by atoms with Gasteiger partial charge in [0.15, 0.2) is 5.76 Å². The van der Waals surface area contributed by atoms with Crippen molar-refractivity contribution < 1.29 is 9.63 Å². The predicted octanol–water partition coefficient (Wildman–Crippen LogP) is 1.23. The van der Waals surface area contributed by atoms with E-state index in [0.29, 0.717) is 11.5 Å². The Labute approximate surface area is 74.8 Å². The van der Waals surface area contributed by atoms with Gasteiger partial charge in [0.25, 0.3) is 0 Å². The van der Waals surface area contributed by atoms with E-state index in [-0.39, 0.29) is 6.61 Å². The van der Waals surface area contributed by atoms with E-state index in [1.165, 1.54) is 0 Å². The van der Waals surface area contributed by atoms with Crippen LogP contribution in [0.5, 0.6) is 0 Å². The maximum absolute atomic E-state index is 8.76.